The summed E-state index contributed by atoms with van der Waals surface area (Å²) in [4.78, 5) is 29.5. The van der Waals surface area contributed by atoms with E-state index < -0.39 is 12.0 Å². The number of carbonyl (C=O) groups excluding carboxylic acids is 1. The smallest absolute Gasteiger partial charge is 0.326 e. The first-order chi connectivity index (χ1) is 18.8. The van der Waals surface area contributed by atoms with Crippen LogP contribution < -0.4 is 10.6 Å². The van der Waals surface area contributed by atoms with Crippen LogP contribution in [0.15, 0.2) is 66.9 Å². The Labute approximate surface area is 229 Å². The highest BCUT2D eigenvalue weighted by Crippen LogP contribution is 2.25. The largest absolute Gasteiger partial charge is 0.480 e. The highest BCUT2D eigenvalue weighted by Gasteiger charge is 2.23. The molecule has 0 aliphatic carbocycles. The first-order valence-electron chi connectivity index (χ1n) is 12.5. The SMILES string of the molecule is Cc1cc(C)c(C(=O)NC(Cc2ccc(-n3cc(CNc4nc5ccccc5s4)nn3)cc2)C(=O)O)c(C)c1. The number of carboxylic acids is 1. The van der Waals surface area contributed by atoms with E-state index in [2.05, 4.69) is 25.9 Å². The van der Waals surface area contributed by atoms with Crippen molar-refractivity contribution in [2.45, 2.75) is 39.8 Å². The lowest BCUT2D eigenvalue weighted by atomic mass is 9.98. The molecule has 0 spiro atoms. The molecule has 2 aromatic heterocycles. The third-order valence-corrected chi connectivity index (χ3v) is 7.40. The molecule has 0 fully saturated rings. The van der Waals surface area contributed by atoms with Crippen LogP contribution in [0.1, 0.15) is 38.3 Å². The molecule has 1 atom stereocenters. The Morgan fingerprint density at radius 1 is 1.03 bits per heavy atom. The number of thiazole rings is 1. The second-order valence-electron chi connectivity index (χ2n) is 9.50. The molecule has 0 radical (unpaired) electrons. The second kappa shape index (κ2) is 11.0. The number of hydrogen-bond acceptors (Lipinski definition) is 7. The molecule has 1 unspecified atom stereocenters. The van der Waals surface area contributed by atoms with Gasteiger partial charge in [-0.05, 0) is 61.7 Å². The number of nitrogens with zero attached hydrogens (tertiary/aromatic N) is 4. The maximum absolute atomic E-state index is 12.9. The van der Waals surface area contributed by atoms with Crippen LogP contribution >= 0.6 is 11.3 Å². The topological polar surface area (TPSA) is 122 Å². The van der Waals surface area contributed by atoms with Crippen molar-refractivity contribution < 1.29 is 14.7 Å². The van der Waals surface area contributed by atoms with Crippen molar-refractivity contribution in [3.8, 4) is 5.69 Å². The molecule has 5 rings (SSSR count). The summed E-state index contributed by atoms with van der Waals surface area (Å²) in [6.45, 7) is 6.16. The van der Waals surface area contributed by atoms with E-state index in [0.29, 0.717) is 12.1 Å². The maximum Gasteiger partial charge on any atom is 0.326 e. The van der Waals surface area contributed by atoms with Gasteiger partial charge >= 0.3 is 5.97 Å². The van der Waals surface area contributed by atoms with Crippen molar-refractivity contribution in [1.29, 1.82) is 0 Å². The second-order valence-corrected chi connectivity index (χ2v) is 10.5. The molecule has 0 bridgehead atoms. The average molecular weight is 541 g/mol. The molecule has 198 valence electrons. The van der Waals surface area contributed by atoms with Crippen molar-refractivity contribution in [2.75, 3.05) is 5.32 Å². The van der Waals surface area contributed by atoms with Crippen molar-refractivity contribution >= 4 is 38.6 Å². The number of rotatable bonds is 9. The lowest BCUT2D eigenvalue weighted by Gasteiger charge is -2.17. The van der Waals surface area contributed by atoms with Gasteiger partial charge in [0.05, 0.1) is 28.6 Å². The first-order valence-corrected chi connectivity index (χ1v) is 13.3. The zero-order valence-corrected chi connectivity index (χ0v) is 22.6. The minimum atomic E-state index is -1.09. The van der Waals surface area contributed by atoms with Crippen molar-refractivity contribution in [3.63, 3.8) is 0 Å². The standard InChI is InChI=1S/C29H28N6O3S/c1-17-12-18(2)26(19(3)13-17)27(36)31-24(28(37)38)14-20-8-10-22(11-9-20)35-16-21(33-34-35)15-30-29-32-23-6-4-5-7-25(23)39-29/h4-13,16,24H,14-15H2,1-3H3,(H,30,32)(H,31,36)(H,37,38). The van der Waals surface area contributed by atoms with Gasteiger partial charge < -0.3 is 15.7 Å². The number of nitrogens with one attached hydrogen (secondary N) is 2. The van der Waals surface area contributed by atoms with Gasteiger partial charge in [0.25, 0.3) is 5.91 Å². The van der Waals surface area contributed by atoms with E-state index in [1.54, 1.807) is 16.0 Å². The van der Waals surface area contributed by atoms with E-state index >= 15 is 0 Å². The number of anilines is 1. The highest BCUT2D eigenvalue weighted by atomic mass is 32.1. The summed E-state index contributed by atoms with van der Waals surface area (Å²) in [7, 11) is 0. The fourth-order valence-electron chi connectivity index (χ4n) is 4.61. The Hall–Kier alpha value is -4.57. The molecular formula is C29H28N6O3S. The summed E-state index contributed by atoms with van der Waals surface area (Å²) in [6, 6.07) is 18.1. The fraction of sp³-hybridized carbons (Fsp3) is 0.207. The van der Waals surface area contributed by atoms with Gasteiger partial charge in [-0.2, -0.15) is 0 Å². The number of aliphatic carboxylic acids is 1. The number of para-hydroxylation sites is 1. The summed E-state index contributed by atoms with van der Waals surface area (Å²) in [6.07, 6.45) is 1.99. The summed E-state index contributed by atoms with van der Waals surface area (Å²) < 4.78 is 2.78. The number of amides is 1. The van der Waals surface area contributed by atoms with E-state index in [9.17, 15) is 14.7 Å². The van der Waals surface area contributed by atoms with E-state index in [-0.39, 0.29) is 12.3 Å². The Morgan fingerprint density at radius 2 is 1.74 bits per heavy atom. The molecule has 10 heteroatoms. The van der Waals surface area contributed by atoms with E-state index in [0.717, 1.165) is 49.0 Å². The average Bonchev–Trinajstić information content (AvgIpc) is 3.54. The zero-order valence-electron chi connectivity index (χ0n) is 21.8. The predicted molar refractivity (Wildman–Crippen MR) is 152 cm³/mol. The van der Waals surface area contributed by atoms with Crippen LogP contribution in [0.25, 0.3) is 15.9 Å². The number of aryl methyl sites for hydroxylation is 3. The predicted octanol–water partition coefficient (Wildman–Crippen LogP) is 4.84. The molecule has 0 saturated heterocycles. The highest BCUT2D eigenvalue weighted by molar-refractivity contribution is 7.22. The van der Waals surface area contributed by atoms with Crippen LogP contribution in [0.2, 0.25) is 0 Å². The third-order valence-electron chi connectivity index (χ3n) is 6.40. The minimum Gasteiger partial charge on any atom is -0.480 e. The number of hydrogen-bond donors (Lipinski definition) is 3. The van der Waals surface area contributed by atoms with Gasteiger partial charge in [-0.1, -0.05) is 58.5 Å². The number of fused-ring (bicyclic) bond motifs is 1. The van der Waals surface area contributed by atoms with Crippen LogP contribution in [0.3, 0.4) is 0 Å². The van der Waals surface area contributed by atoms with Gasteiger partial charge in [0.1, 0.15) is 11.7 Å². The quantitative estimate of drug-likeness (QED) is 0.245. The lowest BCUT2D eigenvalue weighted by Crippen LogP contribution is -2.42. The van der Waals surface area contributed by atoms with Gasteiger partial charge in [-0.15, -0.1) is 5.10 Å². The molecule has 0 aliphatic heterocycles. The maximum atomic E-state index is 12.9. The molecular weight excluding hydrogens is 512 g/mol. The number of carbonyl (C=O) groups is 2. The molecule has 3 N–H and O–H groups in total. The number of aromatic nitrogens is 4. The summed E-state index contributed by atoms with van der Waals surface area (Å²) >= 11 is 1.59. The van der Waals surface area contributed by atoms with Gasteiger partial charge in [0.15, 0.2) is 5.13 Å². The van der Waals surface area contributed by atoms with Crippen molar-refractivity contribution in [3.05, 3.63) is 100 Å². The Morgan fingerprint density at radius 3 is 2.44 bits per heavy atom. The molecule has 0 aliphatic rings. The summed E-state index contributed by atoms with van der Waals surface area (Å²) in [5.74, 6) is -1.47. The zero-order chi connectivity index (χ0) is 27.5. The van der Waals surface area contributed by atoms with E-state index in [1.807, 2.05) is 87.6 Å². The number of benzene rings is 3. The fourth-order valence-corrected chi connectivity index (χ4v) is 5.47. The monoisotopic (exact) mass is 540 g/mol. The molecule has 3 aromatic carbocycles. The van der Waals surface area contributed by atoms with Gasteiger partial charge in [0, 0.05) is 12.0 Å². The molecule has 5 aromatic rings. The lowest BCUT2D eigenvalue weighted by molar-refractivity contribution is -0.139. The van der Waals surface area contributed by atoms with E-state index in [1.165, 1.54) is 0 Å². The molecule has 1 amide bonds. The molecule has 2 heterocycles. The normalized spacial score (nSPS) is 11.9. The minimum absolute atomic E-state index is 0.153. The summed E-state index contributed by atoms with van der Waals surface area (Å²) in [5.41, 5.74) is 6.50. The van der Waals surface area contributed by atoms with Crippen LogP contribution in [0.4, 0.5) is 5.13 Å². The van der Waals surface area contributed by atoms with Gasteiger partial charge in [-0.3, -0.25) is 4.79 Å². The van der Waals surface area contributed by atoms with E-state index in [4.69, 9.17) is 0 Å². The third kappa shape index (κ3) is 5.96. The van der Waals surface area contributed by atoms with Gasteiger partial charge in [0.2, 0.25) is 0 Å². The first kappa shape index (κ1) is 26.1. The Bertz CT molecular complexity index is 1600. The molecule has 9 nitrogen and oxygen atoms in total. The van der Waals surface area contributed by atoms with Crippen LogP contribution in [-0.4, -0.2) is 43.0 Å². The van der Waals surface area contributed by atoms with Gasteiger partial charge in [-0.25, -0.2) is 14.5 Å². The Kier molecular flexibility index (Phi) is 7.38. The van der Waals surface area contributed by atoms with Crippen LogP contribution in [0.5, 0.6) is 0 Å². The molecule has 0 saturated carbocycles. The van der Waals surface area contributed by atoms with Crippen molar-refractivity contribution in [1.82, 2.24) is 25.3 Å². The van der Waals surface area contributed by atoms with Crippen LogP contribution in [0, 0.1) is 20.8 Å². The van der Waals surface area contributed by atoms with Crippen LogP contribution in [-0.2, 0) is 17.8 Å². The Balaban J connectivity index is 1.22. The summed E-state index contributed by atoms with van der Waals surface area (Å²) in [5, 5.41) is 25.0. The van der Waals surface area contributed by atoms with Crippen molar-refractivity contribution in [2.24, 2.45) is 0 Å². The molecule has 39 heavy (non-hydrogen) atoms. The number of carboxylic acid groups (broad SMARTS) is 1.